The van der Waals surface area contributed by atoms with Crippen LogP contribution in [-0.4, -0.2) is 48.1 Å². The van der Waals surface area contributed by atoms with Gasteiger partial charge in [0.2, 0.25) is 0 Å². The Kier molecular flexibility index (Phi) is 21.4. The van der Waals surface area contributed by atoms with E-state index in [4.69, 9.17) is 16.3 Å². The van der Waals surface area contributed by atoms with Crippen LogP contribution in [-0.2, 0) is 9.53 Å². The molecule has 0 amide bonds. The predicted octanol–water partition coefficient (Wildman–Crippen LogP) is 8.85. The maximum atomic E-state index is 12.1. The fraction of sp³-hybridized carbons (Fsp3) is 0.667. The fourth-order valence-electron chi connectivity index (χ4n) is 3.24. The van der Waals surface area contributed by atoms with Crippen molar-refractivity contribution in [2.24, 2.45) is 5.41 Å². The highest BCUT2D eigenvalue weighted by Crippen LogP contribution is 2.25. The number of aromatic nitrogens is 1. The fourth-order valence-corrected chi connectivity index (χ4v) is 3.41. The summed E-state index contributed by atoms with van der Waals surface area (Å²) in [6.45, 7) is 25.4. The minimum absolute atomic E-state index is 0.107. The Morgan fingerprint density at radius 3 is 2.31 bits per heavy atom. The molecule has 5 nitrogen and oxygen atoms in total. The van der Waals surface area contributed by atoms with Crippen LogP contribution in [0.4, 0.5) is 5.69 Å². The third kappa shape index (κ3) is 13.5. The second kappa shape index (κ2) is 21.3. The lowest BCUT2D eigenvalue weighted by atomic mass is 9.91. The number of anilines is 1. The number of ether oxygens (including phenoxy) is 1. The Labute approximate surface area is 227 Å². The van der Waals surface area contributed by atoms with Crippen molar-refractivity contribution in [3.63, 3.8) is 0 Å². The summed E-state index contributed by atoms with van der Waals surface area (Å²) >= 11 is 6.08. The number of nitrogens with zero attached hydrogens (tertiary/aromatic N) is 2. The van der Waals surface area contributed by atoms with Crippen LogP contribution >= 0.6 is 11.6 Å². The summed E-state index contributed by atoms with van der Waals surface area (Å²) in [5, 5.41) is 5.39. The van der Waals surface area contributed by atoms with Gasteiger partial charge in [0.1, 0.15) is 6.61 Å². The second-order valence-electron chi connectivity index (χ2n) is 8.52. The molecule has 1 aromatic heterocycles. The Morgan fingerprint density at radius 2 is 1.72 bits per heavy atom. The first-order chi connectivity index (χ1) is 17.3. The lowest BCUT2D eigenvalue weighted by Gasteiger charge is -2.24. The van der Waals surface area contributed by atoms with E-state index in [1.807, 2.05) is 92.8 Å². The molecule has 0 aliphatic heterocycles. The van der Waals surface area contributed by atoms with Gasteiger partial charge in [-0.25, -0.2) is 0 Å². The van der Waals surface area contributed by atoms with Gasteiger partial charge in [-0.2, -0.15) is 0 Å². The van der Waals surface area contributed by atoms with E-state index in [2.05, 4.69) is 29.0 Å². The quantitative estimate of drug-likeness (QED) is 0.281. The summed E-state index contributed by atoms with van der Waals surface area (Å²) in [5.74, 6) is -0.107. The Bertz CT molecular complexity index is 827. The number of esters is 1. The lowest BCUT2D eigenvalue weighted by molar-refractivity contribution is -0.154. The lowest BCUT2D eigenvalue weighted by Crippen LogP contribution is -2.32. The summed E-state index contributed by atoms with van der Waals surface area (Å²) in [6.07, 6.45) is 4.73. The van der Waals surface area contributed by atoms with E-state index in [1.54, 1.807) is 0 Å². The molecule has 208 valence electrons. The Morgan fingerprint density at radius 1 is 1.08 bits per heavy atom. The Hall–Kier alpha value is -1.85. The van der Waals surface area contributed by atoms with Crippen LogP contribution in [0.2, 0.25) is 5.02 Å². The van der Waals surface area contributed by atoms with Gasteiger partial charge in [-0.1, -0.05) is 67.0 Å². The molecule has 0 aliphatic rings. The van der Waals surface area contributed by atoms with Crippen molar-refractivity contribution >= 4 is 34.2 Å². The maximum Gasteiger partial charge on any atom is 0.311 e. The first-order valence-corrected chi connectivity index (χ1v) is 14.3. The molecule has 0 saturated heterocycles. The minimum Gasteiger partial charge on any atom is -0.464 e. The zero-order valence-corrected chi connectivity index (χ0v) is 25.8. The number of fused-ring (bicyclic) bond motifs is 1. The largest absolute Gasteiger partial charge is 0.464 e. The molecule has 0 bridgehead atoms. The molecule has 36 heavy (non-hydrogen) atoms. The number of carbonyl (C=O) groups is 1. The standard InChI is InChI=1S/C24H36ClN3O2.3C2H6/c1-6-24(4,5)23(29)30-16-15-28(7-2)14-8-9-18(3)27-21-12-13-26-22-17-19(25)10-11-20(21)22;3*1-2/h10-13,17-18H,6-9,14-16H2,1-5H3,(H,26,27);3*1-2H3. The molecular weight excluding hydrogens is 470 g/mol. The second-order valence-corrected chi connectivity index (χ2v) is 8.95. The van der Waals surface area contributed by atoms with E-state index in [0.717, 1.165) is 55.5 Å². The summed E-state index contributed by atoms with van der Waals surface area (Å²) in [6, 6.07) is 8.15. The molecule has 0 saturated carbocycles. The van der Waals surface area contributed by atoms with Gasteiger partial charge in [0.15, 0.2) is 0 Å². The van der Waals surface area contributed by atoms with Crippen molar-refractivity contribution in [2.45, 2.75) is 101 Å². The van der Waals surface area contributed by atoms with E-state index in [0.29, 0.717) is 17.7 Å². The molecule has 0 fully saturated rings. The van der Waals surface area contributed by atoms with Crippen molar-refractivity contribution in [1.82, 2.24) is 9.88 Å². The summed E-state index contributed by atoms with van der Waals surface area (Å²) in [4.78, 5) is 18.8. The number of benzene rings is 1. The van der Waals surface area contributed by atoms with Gasteiger partial charge in [0.25, 0.3) is 0 Å². The van der Waals surface area contributed by atoms with Crippen LogP contribution in [0.15, 0.2) is 30.5 Å². The average Bonchev–Trinajstić information content (AvgIpc) is 2.91. The zero-order chi connectivity index (χ0) is 28.1. The summed E-state index contributed by atoms with van der Waals surface area (Å²) in [7, 11) is 0. The number of hydrogen-bond acceptors (Lipinski definition) is 5. The number of nitrogens with one attached hydrogen (secondary N) is 1. The van der Waals surface area contributed by atoms with E-state index < -0.39 is 5.41 Å². The topological polar surface area (TPSA) is 54.5 Å². The third-order valence-corrected chi connectivity index (χ3v) is 5.98. The number of likely N-dealkylation sites (N-methyl/N-ethyl adjacent to an activating group) is 1. The third-order valence-electron chi connectivity index (χ3n) is 5.74. The number of pyridine rings is 1. The molecule has 1 unspecified atom stereocenters. The van der Waals surface area contributed by atoms with Gasteiger partial charge in [0, 0.05) is 34.9 Å². The van der Waals surface area contributed by atoms with Crippen molar-refractivity contribution in [1.29, 1.82) is 0 Å². The maximum absolute atomic E-state index is 12.1. The molecule has 0 spiro atoms. The molecule has 6 heteroatoms. The molecular formula is C30H54ClN3O2. The highest BCUT2D eigenvalue weighted by atomic mass is 35.5. The number of carbonyl (C=O) groups excluding carboxylic acids is 1. The molecule has 2 rings (SSSR count). The smallest absolute Gasteiger partial charge is 0.311 e. The average molecular weight is 524 g/mol. The van der Waals surface area contributed by atoms with Gasteiger partial charge < -0.3 is 15.0 Å². The van der Waals surface area contributed by atoms with Gasteiger partial charge >= 0.3 is 5.97 Å². The predicted molar refractivity (Wildman–Crippen MR) is 160 cm³/mol. The monoisotopic (exact) mass is 523 g/mol. The van der Waals surface area contributed by atoms with E-state index >= 15 is 0 Å². The highest BCUT2D eigenvalue weighted by Gasteiger charge is 2.26. The van der Waals surface area contributed by atoms with Crippen LogP contribution < -0.4 is 5.32 Å². The minimum atomic E-state index is -0.402. The van der Waals surface area contributed by atoms with Gasteiger partial charge in [-0.15, -0.1) is 0 Å². The number of hydrogen-bond donors (Lipinski definition) is 1. The van der Waals surface area contributed by atoms with Crippen molar-refractivity contribution in [2.75, 3.05) is 31.6 Å². The Balaban J connectivity index is 0. The van der Waals surface area contributed by atoms with Crippen LogP contribution in [0.5, 0.6) is 0 Å². The van der Waals surface area contributed by atoms with Crippen molar-refractivity contribution in [3.05, 3.63) is 35.5 Å². The molecule has 1 N–H and O–H groups in total. The highest BCUT2D eigenvalue weighted by molar-refractivity contribution is 6.31. The molecule has 1 atom stereocenters. The zero-order valence-electron chi connectivity index (χ0n) is 25.0. The van der Waals surface area contributed by atoms with Crippen molar-refractivity contribution < 1.29 is 9.53 Å². The SMILES string of the molecule is CC.CC.CC.CCN(CCCC(C)Nc1ccnc2cc(Cl)ccc12)CCOC(=O)C(C)(C)CC. The van der Waals surface area contributed by atoms with E-state index in [1.165, 1.54) is 0 Å². The first kappa shape index (κ1) is 36.3. The van der Waals surface area contributed by atoms with Crippen LogP contribution in [0, 0.1) is 5.41 Å². The molecule has 1 aromatic carbocycles. The normalized spacial score (nSPS) is 11.2. The number of halogens is 1. The molecule has 2 aromatic rings. The molecule has 1 heterocycles. The van der Waals surface area contributed by atoms with Gasteiger partial charge in [-0.3, -0.25) is 9.78 Å². The number of rotatable bonds is 12. The van der Waals surface area contributed by atoms with Crippen LogP contribution in [0.3, 0.4) is 0 Å². The summed E-state index contributed by atoms with van der Waals surface area (Å²) in [5.41, 5.74) is 1.58. The summed E-state index contributed by atoms with van der Waals surface area (Å²) < 4.78 is 5.48. The molecule has 0 aliphatic carbocycles. The first-order valence-electron chi connectivity index (χ1n) is 14.0. The molecule has 0 radical (unpaired) electrons. The van der Waals surface area contributed by atoms with Gasteiger partial charge in [-0.05, 0) is 77.4 Å². The van der Waals surface area contributed by atoms with Crippen LogP contribution in [0.1, 0.15) is 95.4 Å². The van der Waals surface area contributed by atoms with E-state index in [9.17, 15) is 4.79 Å². The van der Waals surface area contributed by atoms with E-state index in [-0.39, 0.29) is 5.97 Å². The van der Waals surface area contributed by atoms with Crippen LogP contribution in [0.25, 0.3) is 10.9 Å². The van der Waals surface area contributed by atoms with Crippen molar-refractivity contribution in [3.8, 4) is 0 Å². The van der Waals surface area contributed by atoms with Gasteiger partial charge in [0.05, 0.1) is 10.9 Å².